The van der Waals surface area contributed by atoms with E-state index in [2.05, 4.69) is 37.8 Å². The molecule has 0 saturated heterocycles. The van der Waals surface area contributed by atoms with Crippen molar-refractivity contribution in [1.82, 2.24) is 20.1 Å². The predicted octanol–water partition coefficient (Wildman–Crippen LogP) is 5.29. The first-order valence-electron chi connectivity index (χ1n) is 13.3. The van der Waals surface area contributed by atoms with Gasteiger partial charge in [-0.05, 0) is 69.1 Å². The Morgan fingerprint density at radius 2 is 1.79 bits per heavy atom. The van der Waals surface area contributed by atoms with E-state index in [0.717, 1.165) is 37.4 Å². The molecule has 5 rings (SSSR count). The first-order chi connectivity index (χ1) is 19.8. The Hall–Kier alpha value is -4.49. The number of pyridine rings is 1. The van der Waals surface area contributed by atoms with Gasteiger partial charge in [0.2, 0.25) is 10.0 Å². The highest BCUT2D eigenvalue weighted by Crippen LogP contribution is 2.32. The van der Waals surface area contributed by atoms with Gasteiger partial charge in [0.05, 0.1) is 23.2 Å². The third-order valence-corrected chi connectivity index (χ3v) is 7.04. The predicted molar refractivity (Wildman–Crippen MR) is 160 cm³/mol. The van der Waals surface area contributed by atoms with Gasteiger partial charge >= 0.3 is 6.03 Å². The smallest absolute Gasteiger partial charge is 0.323 e. The molecule has 0 spiro atoms. The zero-order valence-corrected chi connectivity index (χ0v) is 24.5. The van der Waals surface area contributed by atoms with Crippen LogP contribution in [0.1, 0.15) is 31.9 Å². The topological polar surface area (TPSA) is 139 Å². The summed E-state index contributed by atoms with van der Waals surface area (Å²) < 4.78 is 47.6. The summed E-state index contributed by atoms with van der Waals surface area (Å²) in [5.41, 5.74) is 4.09. The Morgan fingerprint density at radius 3 is 2.52 bits per heavy atom. The quantitative estimate of drug-likeness (QED) is 0.228. The van der Waals surface area contributed by atoms with Gasteiger partial charge in [-0.25, -0.2) is 22.6 Å². The van der Waals surface area contributed by atoms with Crippen LogP contribution in [0.4, 0.5) is 26.4 Å². The molecule has 2 aromatic heterocycles. The van der Waals surface area contributed by atoms with E-state index < -0.39 is 21.9 Å². The summed E-state index contributed by atoms with van der Waals surface area (Å²) >= 11 is 0. The molecule has 0 bridgehead atoms. The number of ether oxygens (including phenoxy) is 1. The van der Waals surface area contributed by atoms with Crippen LogP contribution in [-0.4, -0.2) is 42.0 Å². The molecule has 0 aliphatic carbocycles. The van der Waals surface area contributed by atoms with Crippen LogP contribution in [0.5, 0.6) is 11.5 Å². The molecule has 220 valence electrons. The molecule has 3 heterocycles. The third-order valence-electron chi connectivity index (χ3n) is 6.46. The summed E-state index contributed by atoms with van der Waals surface area (Å²) in [6, 6.07) is 12.4. The van der Waals surface area contributed by atoms with Crippen molar-refractivity contribution in [2.75, 3.05) is 28.2 Å². The summed E-state index contributed by atoms with van der Waals surface area (Å²) in [6.07, 6.45) is 5.04. The van der Waals surface area contributed by atoms with Gasteiger partial charge < -0.3 is 20.7 Å². The van der Waals surface area contributed by atoms with Crippen LogP contribution in [0.3, 0.4) is 0 Å². The fraction of sp³-hybridized carbons (Fsp3) is 0.276. The number of urea groups is 1. The lowest BCUT2D eigenvalue weighted by Gasteiger charge is -2.19. The molecule has 0 fully saturated rings. The molecule has 1 aliphatic rings. The van der Waals surface area contributed by atoms with E-state index in [1.165, 1.54) is 41.6 Å². The number of aromatic nitrogens is 3. The lowest BCUT2D eigenvalue weighted by atomic mass is 9.97. The summed E-state index contributed by atoms with van der Waals surface area (Å²) in [6.45, 7) is 7.76. The molecule has 2 aromatic carbocycles. The molecule has 1 aliphatic heterocycles. The minimum Gasteiger partial charge on any atom is -0.457 e. The van der Waals surface area contributed by atoms with E-state index in [0.29, 0.717) is 11.4 Å². The molecular weight excluding hydrogens is 561 g/mol. The number of anilines is 3. The van der Waals surface area contributed by atoms with Crippen LogP contribution in [0, 0.1) is 5.82 Å². The molecule has 4 aromatic rings. The maximum absolute atomic E-state index is 15.0. The van der Waals surface area contributed by atoms with Gasteiger partial charge in [0.1, 0.15) is 28.8 Å². The lowest BCUT2D eigenvalue weighted by Crippen LogP contribution is -2.23. The lowest BCUT2D eigenvalue weighted by molar-refractivity contribution is 0.262. The van der Waals surface area contributed by atoms with Crippen molar-refractivity contribution < 1.29 is 22.3 Å². The summed E-state index contributed by atoms with van der Waals surface area (Å²) in [7, 11) is -3.52. The number of hydrogen-bond donors (Lipinski definition) is 4. The van der Waals surface area contributed by atoms with E-state index >= 15 is 0 Å². The average Bonchev–Trinajstić information content (AvgIpc) is 3.33. The maximum atomic E-state index is 15.0. The van der Waals surface area contributed by atoms with E-state index in [-0.39, 0.29) is 28.5 Å². The molecule has 4 N–H and O–H groups in total. The van der Waals surface area contributed by atoms with Gasteiger partial charge in [-0.1, -0.05) is 12.1 Å². The van der Waals surface area contributed by atoms with E-state index in [1.807, 2.05) is 26.8 Å². The Labute approximate surface area is 243 Å². The van der Waals surface area contributed by atoms with Crippen molar-refractivity contribution >= 4 is 33.2 Å². The number of fused-ring (bicyclic) bond motifs is 1. The number of nitrogens with zero attached hydrogens (tertiary/aromatic N) is 3. The Morgan fingerprint density at radius 1 is 1.02 bits per heavy atom. The molecule has 13 heteroatoms. The molecular formula is C29H32FN7O4S. The Bertz CT molecular complexity index is 1750. The second-order valence-corrected chi connectivity index (χ2v) is 12.7. The molecule has 0 radical (unpaired) electrons. The van der Waals surface area contributed by atoms with Gasteiger partial charge in [0.15, 0.2) is 0 Å². The molecule has 11 nitrogen and oxygen atoms in total. The zero-order chi connectivity index (χ0) is 30.1. The highest BCUT2D eigenvalue weighted by atomic mass is 32.2. The first kappa shape index (κ1) is 29.0. The number of nitrogens with one attached hydrogen (secondary N) is 4. The first-order valence-corrected chi connectivity index (χ1v) is 15.2. The van der Waals surface area contributed by atoms with Gasteiger partial charge in [-0.2, -0.15) is 5.10 Å². The van der Waals surface area contributed by atoms with Crippen molar-refractivity contribution in [3.63, 3.8) is 0 Å². The van der Waals surface area contributed by atoms with Gasteiger partial charge in [0.25, 0.3) is 0 Å². The van der Waals surface area contributed by atoms with Gasteiger partial charge in [-0.3, -0.25) is 9.40 Å². The number of benzene rings is 2. The van der Waals surface area contributed by atoms with Gasteiger partial charge in [-0.15, -0.1) is 0 Å². The van der Waals surface area contributed by atoms with Crippen molar-refractivity contribution in [1.29, 1.82) is 0 Å². The average molecular weight is 594 g/mol. The van der Waals surface area contributed by atoms with Crippen molar-refractivity contribution in [2.24, 2.45) is 0 Å². The van der Waals surface area contributed by atoms with Crippen LogP contribution < -0.4 is 25.4 Å². The molecule has 0 saturated carbocycles. The number of carbonyl (C=O) groups excluding carboxylic acids is 1. The fourth-order valence-electron chi connectivity index (χ4n) is 4.44. The summed E-state index contributed by atoms with van der Waals surface area (Å²) in [4.78, 5) is 16.9. The van der Waals surface area contributed by atoms with Crippen molar-refractivity contribution in [3.05, 3.63) is 77.9 Å². The molecule has 0 unspecified atom stereocenters. The largest absolute Gasteiger partial charge is 0.457 e. The molecule has 0 atom stereocenters. The fourth-order valence-corrected chi connectivity index (χ4v) is 4.93. The number of halogens is 1. The minimum atomic E-state index is -3.52. The van der Waals surface area contributed by atoms with Crippen molar-refractivity contribution in [3.8, 4) is 22.8 Å². The normalized spacial score (nSPS) is 13.3. The van der Waals surface area contributed by atoms with Gasteiger partial charge in [0, 0.05) is 36.6 Å². The number of hydrogen-bond acceptors (Lipinski definition) is 7. The highest BCUT2D eigenvalue weighted by molar-refractivity contribution is 7.92. The third kappa shape index (κ3) is 7.04. The Balaban J connectivity index is 1.32. The van der Waals surface area contributed by atoms with Crippen LogP contribution in [-0.2, 0) is 28.5 Å². The number of carbonyl (C=O) groups is 1. The SMILES string of the molecule is CC(C)(C)n1cc(NC(=O)Nc2ccc(Oc3ccnc(NS(C)(=O)=O)c3)cc2F)c(-c2ccc3c(c2)CCNC3)n1. The monoisotopic (exact) mass is 593 g/mol. The highest BCUT2D eigenvalue weighted by Gasteiger charge is 2.22. The molecule has 2 amide bonds. The van der Waals surface area contributed by atoms with E-state index in [4.69, 9.17) is 9.84 Å². The number of sulfonamides is 1. The van der Waals surface area contributed by atoms with Crippen molar-refractivity contribution in [2.45, 2.75) is 39.3 Å². The number of amides is 2. The summed E-state index contributed by atoms with van der Waals surface area (Å²) in [5.74, 6) is -0.269. The summed E-state index contributed by atoms with van der Waals surface area (Å²) in [5, 5.41) is 13.5. The minimum absolute atomic E-state index is 0.0555. The maximum Gasteiger partial charge on any atom is 0.323 e. The standard InChI is InChI=1S/C29H32FN7O4S/c1-29(2,3)37-17-25(27(35-37)19-5-6-20-16-31-11-9-18(20)13-19)34-28(38)33-24-8-7-21(14-23(24)30)41-22-10-12-32-26(15-22)36-42(4,39)40/h5-8,10,12-15,17,31H,9,11,16H2,1-4H3,(H,32,36)(H2,33,34,38). The Kier molecular flexibility index (Phi) is 7.89. The van der Waals surface area contributed by atoms with E-state index in [9.17, 15) is 17.6 Å². The zero-order valence-electron chi connectivity index (χ0n) is 23.7. The van der Waals surface area contributed by atoms with Crippen LogP contribution in [0.2, 0.25) is 0 Å². The molecule has 42 heavy (non-hydrogen) atoms. The van der Waals surface area contributed by atoms with Crippen LogP contribution in [0.25, 0.3) is 11.3 Å². The second kappa shape index (κ2) is 11.4. The van der Waals surface area contributed by atoms with Crippen LogP contribution >= 0.6 is 0 Å². The van der Waals surface area contributed by atoms with E-state index in [1.54, 1.807) is 10.9 Å². The number of rotatable bonds is 7. The second-order valence-electron chi connectivity index (χ2n) is 11.0. The van der Waals surface area contributed by atoms with Crippen LogP contribution in [0.15, 0.2) is 60.9 Å².